The molecule has 1 aromatic carbocycles. The average molecular weight is 466 g/mol. The molecular weight excluding hydrogens is 460 g/mol. The number of ether oxygens (including phenoxy) is 2. The van der Waals surface area contributed by atoms with E-state index in [9.17, 15) is 0 Å². The lowest BCUT2D eigenvalue weighted by Crippen LogP contribution is -1.97. The van der Waals surface area contributed by atoms with Crippen molar-refractivity contribution in [1.82, 2.24) is 0 Å². The summed E-state index contributed by atoms with van der Waals surface area (Å²) in [5.41, 5.74) is 0. The molecular formula is C9H6Br4O2. The zero-order valence-electron chi connectivity index (χ0n) is 7.45. The van der Waals surface area contributed by atoms with E-state index in [2.05, 4.69) is 63.7 Å². The van der Waals surface area contributed by atoms with Crippen molar-refractivity contribution in [2.24, 2.45) is 0 Å². The third-order valence-corrected chi connectivity index (χ3v) is 6.66. The number of halogens is 4. The Bertz CT molecular complexity index is 369. The van der Waals surface area contributed by atoms with Crippen molar-refractivity contribution in [3.05, 3.63) is 17.9 Å². The summed E-state index contributed by atoms with van der Waals surface area (Å²) in [5.74, 6) is 1.49. The van der Waals surface area contributed by atoms with Crippen LogP contribution in [-0.2, 0) is 0 Å². The van der Waals surface area contributed by atoms with Gasteiger partial charge in [-0.1, -0.05) is 0 Å². The van der Waals surface area contributed by atoms with Gasteiger partial charge in [-0.25, -0.2) is 0 Å². The summed E-state index contributed by atoms with van der Waals surface area (Å²) in [7, 11) is 0. The van der Waals surface area contributed by atoms with Crippen molar-refractivity contribution in [2.45, 2.75) is 6.42 Å². The van der Waals surface area contributed by atoms with Crippen molar-refractivity contribution in [3.63, 3.8) is 0 Å². The SMILES string of the molecule is Brc1c(Br)c(Br)c2c(c1Br)OCCCO2. The van der Waals surface area contributed by atoms with Gasteiger partial charge >= 0.3 is 0 Å². The van der Waals surface area contributed by atoms with E-state index in [4.69, 9.17) is 9.47 Å². The van der Waals surface area contributed by atoms with Crippen LogP contribution in [0.1, 0.15) is 6.42 Å². The zero-order chi connectivity index (χ0) is 11.0. The Balaban J connectivity index is 2.66. The standard InChI is InChI=1S/C9H6Br4O2/c10-4-5(11)7(13)9-8(6(4)12)14-2-1-3-15-9/h1-3H2. The fraction of sp³-hybridized carbons (Fsp3) is 0.333. The van der Waals surface area contributed by atoms with Crippen LogP contribution in [0.15, 0.2) is 17.9 Å². The molecule has 1 heterocycles. The van der Waals surface area contributed by atoms with Crippen LogP contribution in [0.5, 0.6) is 11.5 Å². The molecule has 0 aromatic heterocycles. The van der Waals surface area contributed by atoms with Gasteiger partial charge < -0.3 is 9.47 Å². The smallest absolute Gasteiger partial charge is 0.177 e. The van der Waals surface area contributed by atoms with Gasteiger partial charge in [-0.05, 0) is 63.7 Å². The Labute approximate surface area is 121 Å². The molecule has 2 rings (SSSR count). The highest BCUT2D eigenvalue weighted by Crippen LogP contribution is 2.51. The summed E-state index contributed by atoms with van der Waals surface area (Å²) in [5, 5.41) is 0. The topological polar surface area (TPSA) is 18.5 Å². The Kier molecular flexibility index (Phi) is 4.02. The molecule has 0 aliphatic carbocycles. The largest absolute Gasteiger partial charge is 0.488 e. The Morgan fingerprint density at radius 2 is 1.07 bits per heavy atom. The van der Waals surface area contributed by atoms with E-state index in [1.807, 2.05) is 0 Å². The summed E-state index contributed by atoms with van der Waals surface area (Å²) in [4.78, 5) is 0. The predicted molar refractivity (Wildman–Crippen MR) is 72.8 cm³/mol. The maximum Gasteiger partial charge on any atom is 0.177 e. The van der Waals surface area contributed by atoms with Crippen molar-refractivity contribution < 1.29 is 9.47 Å². The fourth-order valence-electron chi connectivity index (χ4n) is 1.26. The second-order valence-electron chi connectivity index (χ2n) is 2.96. The molecule has 0 atom stereocenters. The van der Waals surface area contributed by atoms with Gasteiger partial charge in [-0.2, -0.15) is 0 Å². The van der Waals surface area contributed by atoms with E-state index in [0.29, 0.717) is 13.2 Å². The van der Waals surface area contributed by atoms with Crippen LogP contribution in [0.25, 0.3) is 0 Å². The number of hydrogen-bond acceptors (Lipinski definition) is 2. The summed E-state index contributed by atoms with van der Waals surface area (Å²) >= 11 is 13.9. The van der Waals surface area contributed by atoms with Crippen molar-refractivity contribution in [3.8, 4) is 11.5 Å². The summed E-state index contributed by atoms with van der Waals surface area (Å²) in [6.45, 7) is 1.35. The first-order chi connectivity index (χ1) is 7.13. The molecule has 1 aliphatic rings. The molecule has 2 nitrogen and oxygen atoms in total. The van der Waals surface area contributed by atoms with Crippen molar-refractivity contribution in [1.29, 1.82) is 0 Å². The molecule has 0 unspecified atom stereocenters. The predicted octanol–water partition coefficient (Wildman–Crippen LogP) is 4.90. The highest BCUT2D eigenvalue weighted by atomic mass is 79.9. The highest BCUT2D eigenvalue weighted by Gasteiger charge is 2.23. The molecule has 1 aliphatic heterocycles. The zero-order valence-corrected chi connectivity index (χ0v) is 13.8. The van der Waals surface area contributed by atoms with Crippen LogP contribution in [-0.4, -0.2) is 13.2 Å². The molecule has 0 amide bonds. The first-order valence-corrected chi connectivity index (χ1v) is 7.41. The molecule has 0 saturated carbocycles. The third-order valence-electron chi connectivity index (χ3n) is 1.96. The lowest BCUT2D eigenvalue weighted by Gasteiger charge is -2.14. The molecule has 0 bridgehead atoms. The molecule has 1 aromatic rings. The fourth-order valence-corrected chi connectivity index (χ4v) is 3.53. The van der Waals surface area contributed by atoms with Gasteiger partial charge in [0.2, 0.25) is 0 Å². The number of hydrogen-bond donors (Lipinski definition) is 0. The number of benzene rings is 1. The maximum absolute atomic E-state index is 5.64. The third kappa shape index (κ3) is 2.23. The van der Waals surface area contributed by atoms with E-state index >= 15 is 0 Å². The summed E-state index contributed by atoms with van der Waals surface area (Å²) < 4.78 is 14.9. The van der Waals surface area contributed by atoms with Gasteiger partial charge in [-0.3, -0.25) is 0 Å². The molecule has 82 valence electrons. The van der Waals surface area contributed by atoms with Gasteiger partial charge in [0.25, 0.3) is 0 Å². The molecule has 0 N–H and O–H groups in total. The Hall–Kier alpha value is 0.740. The van der Waals surface area contributed by atoms with E-state index in [1.54, 1.807) is 0 Å². The Morgan fingerprint density at radius 1 is 0.667 bits per heavy atom. The number of rotatable bonds is 0. The monoisotopic (exact) mass is 462 g/mol. The molecule has 0 spiro atoms. The first kappa shape index (κ1) is 12.2. The van der Waals surface area contributed by atoms with Crippen molar-refractivity contribution in [2.75, 3.05) is 13.2 Å². The summed E-state index contributed by atoms with van der Waals surface area (Å²) in [6, 6.07) is 0. The van der Waals surface area contributed by atoms with Crippen LogP contribution in [0.3, 0.4) is 0 Å². The molecule has 6 heteroatoms. The van der Waals surface area contributed by atoms with Crippen LogP contribution in [0, 0.1) is 0 Å². The highest BCUT2D eigenvalue weighted by molar-refractivity contribution is 9.15. The quantitative estimate of drug-likeness (QED) is 0.401. The van der Waals surface area contributed by atoms with Gasteiger partial charge in [0.05, 0.1) is 31.1 Å². The second-order valence-corrected chi connectivity index (χ2v) is 6.14. The first-order valence-electron chi connectivity index (χ1n) is 4.24. The van der Waals surface area contributed by atoms with Crippen LogP contribution >= 0.6 is 63.7 Å². The average Bonchev–Trinajstić information content (AvgIpc) is 2.48. The normalized spacial score (nSPS) is 14.9. The molecule has 0 saturated heterocycles. The molecule has 15 heavy (non-hydrogen) atoms. The van der Waals surface area contributed by atoms with Crippen LogP contribution in [0.2, 0.25) is 0 Å². The van der Waals surface area contributed by atoms with E-state index in [1.165, 1.54) is 0 Å². The number of fused-ring (bicyclic) bond motifs is 1. The van der Waals surface area contributed by atoms with Gasteiger partial charge in [0, 0.05) is 6.42 Å². The van der Waals surface area contributed by atoms with Crippen molar-refractivity contribution >= 4 is 63.7 Å². The van der Waals surface area contributed by atoms with Crippen LogP contribution < -0.4 is 9.47 Å². The minimum Gasteiger partial charge on any atom is -0.488 e. The van der Waals surface area contributed by atoms with E-state index < -0.39 is 0 Å². The van der Waals surface area contributed by atoms with E-state index in [0.717, 1.165) is 35.8 Å². The maximum atomic E-state index is 5.64. The lowest BCUT2D eigenvalue weighted by atomic mass is 10.3. The molecule has 0 radical (unpaired) electrons. The minimum atomic E-state index is 0.673. The second kappa shape index (κ2) is 4.94. The van der Waals surface area contributed by atoms with Gasteiger partial charge in [0.15, 0.2) is 11.5 Å². The lowest BCUT2D eigenvalue weighted by molar-refractivity contribution is 0.296. The van der Waals surface area contributed by atoms with Gasteiger partial charge in [0.1, 0.15) is 0 Å². The summed E-state index contributed by atoms with van der Waals surface area (Å²) in [6.07, 6.45) is 0.892. The van der Waals surface area contributed by atoms with Gasteiger partial charge in [-0.15, -0.1) is 0 Å². The molecule has 0 fully saturated rings. The van der Waals surface area contributed by atoms with Crippen LogP contribution in [0.4, 0.5) is 0 Å². The van der Waals surface area contributed by atoms with E-state index in [-0.39, 0.29) is 0 Å². The Morgan fingerprint density at radius 3 is 1.47 bits per heavy atom. The minimum absolute atomic E-state index is 0.673.